The molecule has 1 aliphatic rings. The van der Waals surface area contributed by atoms with Gasteiger partial charge in [-0.05, 0) is 24.3 Å². The molecule has 108 valence electrons. The molecule has 1 atom stereocenters. The molecular weight excluding hydrogens is 254 g/mol. The molecule has 20 heavy (non-hydrogen) atoms. The quantitative estimate of drug-likeness (QED) is 0.654. The van der Waals surface area contributed by atoms with Crippen molar-refractivity contribution in [2.24, 2.45) is 11.7 Å². The lowest BCUT2D eigenvalue weighted by atomic mass is 9.95. The summed E-state index contributed by atoms with van der Waals surface area (Å²) >= 11 is 0. The molecule has 5 nitrogen and oxygen atoms in total. The molecule has 0 radical (unpaired) electrons. The van der Waals surface area contributed by atoms with E-state index in [1.54, 1.807) is 4.90 Å². The first-order valence-corrected chi connectivity index (χ1v) is 6.93. The number of ether oxygens (including phenoxy) is 1. The first-order valence-electron chi connectivity index (χ1n) is 6.93. The maximum atomic E-state index is 12.0. The van der Waals surface area contributed by atoms with Crippen LogP contribution in [0.4, 0.5) is 4.79 Å². The third-order valence-corrected chi connectivity index (χ3v) is 3.49. The minimum Gasteiger partial charge on any atom is -0.445 e. The van der Waals surface area contributed by atoms with Crippen LogP contribution in [0.1, 0.15) is 24.8 Å². The van der Waals surface area contributed by atoms with Crippen molar-refractivity contribution in [1.82, 2.24) is 4.90 Å². The van der Waals surface area contributed by atoms with Gasteiger partial charge in [-0.15, -0.1) is 0 Å². The van der Waals surface area contributed by atoms with Gasteiger partial charge in [0.15, 0.2) is 0 Å². The number of hydrogen-bond donors (Lipinski definition) is 2. The lowest BCUT2D eigenvalue weighted by Crippen LogP contribution is -2.41. The Hall–Kier alpha value is -2.04. The molecule has 1 fully saturated rings. The molecule has 0 spiro atoms. The van der Waals surface area contributed by atoms with Gasteiger partial charge in [0.1, 0.15) is 6.61 Å². The summed E-state index contributed by atoms with van der Waals surface area (Å²) in [5.41, 5.74) is 6.41. The number of carbonyl (C=O) groups is 1. The minimum absolute atomic E-state index is 0.189. The Morgan fingerprint density at radius 3 is 2.85 bits per heavy atom. The van der Waals surface area contributed by atoms with Gasteiger partial charge in [-0.3, -0.25) is 5.41 Å². The number of nitrogens with zero attached hydrogens (tertiary/aromatic N) is 1. The van der Waals surface area contributed by atoms with E-state index in [0.717, 1.165) is 24.9 Å². The van der Waals surface area contributed by atoms with Crippen molar-refractivity contribution >= 4 is 11.9 Å². The largest absolute Gasteiger partial charge is 0.445 e. The number of benzene rings is 1. The van der Waals surface area contributed by atoms with Crippen LogP contribution in [0.2, 0.25) is 0 Å². The van der Waals surface area contributed by atoms with E-state index in [4.69, 9.17) is 15.9 Å². The fourth-order valence-corrected chi connectivity index (χ4v) is 2.52. The molecule has 0 saturated carbocycles. The molecule has 2 rings (SSSR count). The smallest absolute Gasteiger partial charge is 0.410 e. The number of carbonyl (C=O) groups excluding carboxylic acids is 1. The summed E-state index contributed by atoms with van der Waals surface area (Å²) in [6.07, 6.45) is 2.24. The molecule has 1 saturated heterocycles. The molecule has 0 aromatic heterocycles. The van der Waals surface area contributed by atoms with Crippen molar-refractivity contribution in [3.05, 3.63) is 35.9 Å². The second kappa shape index (κ2) is 6.93. The van der Waals surface area contributed by atoms with Gasteiger partial charge in [0, 0.05) is 19.5 Å². The highest BCUT2D eigenvalue weighted by Crippen LogP contribution is 2.20. The number of rotatable bonds is 4. The van der Waals surface area contributed by atoms with Crippen LogP contribution in [0.25, 0.3) is 0 Å². The van der Waals surface area contributed by atoms with Gasteiger partial charge in [-0.25, -0.2) is 4.79 Å². The average Bonchev–Trinajstić information content (AvgIpc) is 2.45. The van der Waals surface area contributed by atoms with Crippen molar-refractivity contribution in [2.75, 3.05) is 13.1 Å². The summed E-state index contributed by atoms with van der Waals surface area (Å²) in [5.74, 6) is 0.472. The molecule has 0 bridgehead atoms. The van der Waals surface area contributed by atoms with Gasteiger partial charge >= 0.3 is 6.09 Å². The summed E-state index contributed by atoms with van der Waals surface area (Å²) < 4.78 is 5.32. The molecular formula is C15H21N3O2. The first kappa shape index (κ1) is 14.4. The van der Waals surface area contributed by atoms with Crippen LogP contribution in [0, 0.1) is 11.3 Å². The van der Waals surface area contributed by atoms with Gasteiger partial charge in [0.05, 0.1) is 5.84 Å². The summed E-state index contributed by atoms with van der Waals surface area (Å²) in [4.78, 5) is 13.7. The van der Waals surface area contributed by atoms with Crippen LogP contribution < -0.4 is 5.73 Å². The first-order chi connectivity index (χ1) is 9.65. The van der Waals surface area contributed by atoms with Crippen LogP contribution in [-0.2, 0) is 11.3 Å². The summed E-state index contributed by atoms with van der Waals surface area (Å²) in [5, 5.41) is 7.34. The Balaban J connectivity index is 1.81. The number of likely N-dealkylation sites (tertiary alicyclic amines) is 1. The van der Waals surface area contributed by atoms with Gasteiger partial charge in [0.25, 0.3) is 0 Å². The van der Waals surface area contributed by atoms with Gasteiger partial charge in [-0.1, -0.05) is 30.3 Å². The van der Waals surface area contributed by atoms with Crippen LogP contribution in [0.5, 0.6) is 0 Å². The van der Waals surface area contributed by atoms with Crippen molar-refractivity contribution in [3.8, 4) is 0 Å². The second-order valence-electron chi connectivity index (χ2n) is 5.22. The zero-order chi connectivity index (χ0) is 14.4. The second-order valence-corrected chi connectivity index (χ2v) is 5.22. The standard InChI is InChI=1S/C15H21N3O2/c16-14(17)9-13-7-4-8-18(10-13)15(19)20-11-12-5-2-1-3-6-12/h1-3,5-6,13H,4,7-11H2,(H3,16,17). The van der Waals surface area contributed by atoms with E-state index in [1.807, 2.05) is 30.3 Å². The van der Waals surface area contributed by atoms with Crippen molar-refractivity contribution in [2.45, 2.75) is 25.9 Å². The van der Waals surface area contributed by atoms with Gasteiger partial charge in [0.2, 0.25) is 0 Å². The number of piperidine rings is 1. The van der Waals surface area contributed by atoms with E-state index < -0.39 is 0 Å². The van der Waals surface area contributed by atoms with E-state index in [1.165, 1.54) is 0 Å². The maximum Gasteiger partial charge on any atom is 0.410 e. The molecule has 1 aromatic rings. The zero-order valence-electron chi connectivity index (χ0n) is 11.5. The normalized spacial score (nSPS) is 18.6. The van der Waals surface area contributed by atoms with E-state index in [9.17, 15) is 4.79 Å². The average molecular weight is 275 g/mol. The summed E-state index contributed by atoms with van der Waals surface area (Å²) in [6, 6.07) is 9.65. The fourth-order valence-electron chi connectivity index (χ4n) is 2.52. The molecule has 1 aliphatic heterocycles. The maximum absolute atomic E-state index is 12.0. The highest BCUT2D eigenvalue weighted by atomic mass is 16.6. The van der Waals surface area contributed by atoms with Gasteiger partial charge in [-0.2, -0.15) is 0 Å². The van der Waals surface area contributed by atoms with Crippen LogP contribution in [-0.4, -0.2) is 29.9 Å². The number of nitrogens with two attached hydrogens (primary N) is 1. The van der Waals surface area contributed by atoms with E-state index in [-0.39, 0.29) is 17.8 Å². The lowest BCUT2D eigenvalue weighted by molar-refractivity contribution is 0.0797. The Kier molecular flexibility index (Phi) is 4.98. The van der Waals surface area contributed by atoms with Crippen molar-refractivity contribution in [3.63, 3.8) is 0 Å². The van der Waals surface area contributed by atoms with Crippen LogP contribution in [0.3, 0.4) is 0 Å². The Bertz CT molecular complexity index is 461. The predicted molar refractivity (Wildman–Crippen MR) is 77.5 cm³/mol. The minimum atomic E-state index is -0.276. The van der Waals surface area contributed by atoms with Crippen LogP contribution >= 0.6 is 0 Å². The fraction of sp³-hybridized carbons (Fsp3) is 0.467. The lowest BCUT2D eigenvalue weighted by Gasteiger charge is -2.31. The van der Waals surface area contributed by atoms with E-state index in [0.29, 0.717) is 19.6 Å². The van der Waals surface area contributed by atoms with Crippen molar-refractivity contribution in [1.29, 1.82) is 5.41 Å². The Morgan fingerprint density at radius 2 is 2.15 bits per heavy atom. The summed E-state index contributed by atoms with van der Waals surface area (Å²) in [6.45, 7) is 1.66. The molecule has 5 heteroatoms. The third-order valence-electron chi connectivity index (χ3n) is 3.49. The van der Waals surface area contributed by atoms with E-state index >= 15 is 0 Å². The molecule has 3 N–H and O–H groups in total. The molecule has 1 unspecified atom stereocenters. The molecule has 1 heterocycles. The van der Waals surface area contributed by atoms with E-state index in [2.05, 4.69) is 0 Å². The van der Waals surface area contributed by atoms with Crippen molar-refractivity contribution < 1.29 is 9.53 Å². The monoisotopic (exact) mass is 275 g/mol. The SMILES string of the molecule is N=C(N)CC1CCCN(C(=O)OCc2ccccc2)C1. The number of amides is 1. The number of nitrogens with one attached hydrogen (secondary N) is 1. The Morgan fingerprint density at radius 1 is 1.40 bits per heavy atom. The Labute approximate surface area is 119 Å². The highest BCUT2D eigenvalue weighted by Gasteiger charge is 2.24. The third kappa shape index (κ3) is 4.26. The number of amidine groups is 1. The van der Waals surface area contributed by atoms with Crippen LogP contribution in [0.15, 0.2) is 30.3 Å². The topological polar surface area (TPSA) is 79.4 Å². The molecule has 0 aliphatic carbocycles. The number of hydrogen-bond acceptors (Lipinski definition) is 3. The predicted octanol–water partition coefficient (Wildman–Crippen LogP) is 2.36. The molecule has 1 amide bonds. The van der Waals surface area contributed by atoms with Gasteiger partial charge < -0.3 is 15.4 Å². The summed E-state index contributed by atoms with van der Waals surface area (Å²) in [7, 11) is 0. The zero-order valence-corrected chi connectivity index (χ0v) is 11.5. The highest BCUT2D eigenvalue weighted by molar-refractivity contribution is 5.77. The molecule has 1 aromatic carbocycles.